The molecule has 1 aromatic heterocycles. The monoisotopic (exact) mass is 503 g/mol. The van der Waals surface area contributed by atoms with E-state index in [-0.39, 0.29) is 11.5 Å². The second kappa shape index (κ2) is 9.44. The number of nitrogens with zero attached hydrogens (tertiary/aromatic N) is 2. The van der Waals surface area contributed by atoms with Crippen LogP contribution in [0.5, 0.6) is 0 Å². The van der Waals surface area contributed by atoms with E-state index in [9.17, 15) is 14.0 Å². The second-order valence-electron chi connectivity index (χ2n) is 8.01. The molecule has 1 atom stereocenters. The average Bonchev–Trinajstić information content (AvgIpc) is 3.15. The van der Waals surface area contributed by atoms with Crippen LogP contribution < -0.4 is 20.2 Å². The number of amides is 1. The van der Waals surface area contributed by atoms with Gasteiger partial charge in [0.05, 0.1) is 21.8 Å². The number of para-hydroxylation sites is 1. The number of carbonyl (C=O) groups excluding carboxylic acids is 1. The predicted molar refractivity (Wildman–Crippen MR) is 137 cm³/mol. The fraction of sp³-hybridized carbons (Fsp3) is 0.0741. The summed E-state index contributed by atoms with van der Waals surface area (Å²) in [7, 11) is 0. The Kier molecular flexibility index (Phi) is 6.19. The van der Waals surface area contributed by atoms with Crippen LogP contribution in [0.1, 0.15) is 24.1 Å². The minimum Gasteiger partial charge on any atom is -0.322 e. The van der Waals surface area contributed by atoms with Gasteiger partial charge in [0.1, 0.15) is 5.82 Å². The average molecular weight is 504 g/mol. The van der Waals surface area contributed by atoms with E-state index in [0.717, 1.165) is 5.56 Å². The smallest absolute Gasteiger partial charge is 0.271 e. The Morgan fingerprint density at radius 3 is 2.43 bits per heavy atom. The Bertz CT molecular complexity index is 1620. The van der Waals surface area contributed by atoms with Gasteiger partial charge in [-0.25, -0.2) is 9.38 Å². The van der Waals surface area contributed by atoms with Gasteiger partial charge >= 0.3 is 0 Å². The molecule has 0 fully saturated rings. The van der Waals surface area contributed by atoms with Gasteiger partial charge in [0.15, 0.2) is 4.80 Å². The molecule has 5 nitrogen and oxygen atoms in total. The van der Waals surface area contributed by atoms with Crippen LogP contribution in [0.15, 0.2) is 99.9 Å². The number of benzene rings is 3. The number of nitrogens with one attached hydrogen (secondary N) is 1. The van der Waals surface area contributed by atoms with Gasteiger partial charge in [-0.2, -0.15) is 0 Å². The van der Waals surface area contributed by atoms with Crippen LogP contribution in [-0.4, -0.2) is 10.5 Å². The summed E-state index contributed by atoms with van der Waals surface area (Å²) in [6.07, 6.45) is 1.77. The molecule has 1 aliphatic rings. The highest BCUT2D eigenvalue weighted by molar-refractivity contribution is 7.07. The number of hydrogen-bond donors (Lipinski definition) is 1. The van der Waals surface area contributed by atoms with Crippen LogP contribution >= 0.6 is 22.9 Å². The number of allylic oxidation sites excluding steroid dienone is 1. The number of hydrogen-bond acceptors (Lipinski definition) is 4. The van der Waals surface area contributed by atoms with Gasteiger partial charge in [0.25, 0.3) is 11.5 Å². The highest BCUT2D eigenvalue weighted by Gasteiger charge is 2.32. The van der Waals surface area contributed by atoms with Crippen molar-refractivity contribution in [1.29, 1.82) is 0 Å². The molecule has 0 radical (unpaired) electrons. The molecular formula is C27H19ClFN3O2S. The third-order valence-corrected chi connectivity index (χ3v) is 6.89. The Balaban J connectivity index is 1.67. The van der Waals surface area contributed by atoms with Gasteiger partial charge in [0, 0.05) is 10.7 Å². The quantitative estimate of drug-likeness (QED) is 0.440. The first-order valence-corrected chi connectivity index (χ1v) is 12.0. The van der Waals surface area contributed by atoms with Gasteiger partial charge in [-0.3, -0.25) is 14.2 Å². The summed E-state index contributed by atoms with van der Waals surface area (Å²) in [4.78, 5) is 32.1. The van der Waals surface area contributed by atoms with Crippen LogP contribution in [-0.2, 0) is 4.79 Å². The molecule has 0 aliphatic carbocycles. The predicted octanol–water partition coefficient (Wildman–Crippen LogP) is 4.67. The Morgan fingerprint density at radius 2 is 1.74 bits per heavy atom. The molecule has 174 valence electrons. The summed E-state index contributed by atoms with van der Waals surface area (Å²) in [5.41, 5.74) is 2.58. The molecule has 5 rings (SSSR count). The topological polar surface area (TPSA) is 63.5 Å². The first-order valence-electron chi connectivity index (χ1n) is 10.8. The number of halogens is 2. The summed E-state index contributed by atoms with van der Waals surface area (Å²) >= 11 is 7.22. The zero-order valence-corrected chi connectivity index (χ0v) is 20.1. The van der Waals surface area contributed by atoms with Crippen molar-refractivity contribution in [2.75, 3.05) is 5.32 Å². The van der Waals surface area contributed by atoms with E-state index < -0.39 is 11.9 Å². The molecule has 0 saturated carbocycles. The fourth-order valence-electron chi connectivity index (χ4n) is 4.00. The largest absolute Gasteiger partial charge is 0.322 e. The summed E-state index contributed by atoms with van der Waals surface area (Å²) in [5.74, 6) is -0.779. The molecule has 8 heteroatoms. The van der Waals surface area contributed by atoms with Gasteiger partial charge in [-0.1, -0.05) is 65.4 Å². The zero-order chi connectivity index (χ0) is 24.5. The number of carbonyl (C=O) groups is 1. The fourth-order valence-corrected chi connectivity index (χ4v) is 5.18. The van der Waals surface area contributed by atoms with E-state index in [1.807, 2.05) is 30.3 Å². The Hall–Kier alpha value is -3.81. The van der Waals surface area contributed by atoms with Crippen molar-refractivity contribution in [1.82, 2.24) is 4.57 Å². The lowest BCUT2D eigenvalue weighted by Gasteiger charge is -2.25. The third kappa shape index (κ3) is 4.60. The first kappa shape index (κ1) is 23.0. The van der Waals surface area contributed by atoms with E-state index in [1.54, 1.807) is 49.4 Å². The Labute approximate surface area is 209 Å². The number of anilines is 1. The molecule has 0 bridgehead atoms. The van der Waals surface area contributed by atoms with E-state index in [0.29, 0.717) is 36.9 Å². The van der Waals surface area contributed by atoms with Crippen LogP contribution in [0.3, 0.4) is 0 Å². The minimum atomic E-state index is -0.761. The molecule has 0 saturated heterocycles. The molecule has 3 aromatic carbocycles. The molecule has 0 unspecified atom stereocenters. The lowest BCUT2D eigenvalue weighted by Crippen LogP contribution is -2.40. The van der Waals surface area contributed by atoms with Crippen LogP contribution in [0.4, 0.5) is 10.1 Å². The maximum atomic E-state index is 13.7. The van der Waals surface area contributed by atoms with Crippen LogP contribution in [0.2, 0.25) is 5.02 Å². The van der Waals surface area contributed by atoms with E-state index in [1.165, 1.54) is 28.0 Å². The lowest BCUT2D eigenvalue weighted by atomic mass is 9.95. The van der Waals surface area contributed by atoms with Crippen molar-refractivity contribution in [2.45, 2.75) is 13.0 Å². The van der Waals surface area contributed by atoms with Crippen molar-refractivity contribution in [2.24, 2.45) is 4.99 Å². The molecular weight excluding hydrogens is 485 g/mol. The van der Waals surface area contributed by atoms with Crippen molar-refractivity contribution < 1.29 is 9.18 Å². The van der Waals surface area contributed by atoms with Crippen molar-refractivity contribution in [3.8, 4) is 0 Å². The van der Waals surface area contributed by atoms with Crippen molar-refractivity contribution in [3.05, 3.63) is 132 Å². The first-order chi connectivity index (χ1) is 16.9. The van der Waals surface area contributed by atoms with E-state index >= 15 is 0 Å². The van der Waals surface area contributed by atoms with E-state index in [4.69, 9.17) is 11.6 Å². The number of rotatable bonds is 4. The molecule has 1 amide bonds. The SMILES string of the molecule is CC1=C(C(=O)Nc2ccccc2)[C@@H](c2ccc(F)cc2)n2c(s/c(=C/c3ccc(Cl)cc3)c2=O)=N1. The summed E-state index contributed by atoms with van der Waals surface area (Å²) < 4.78 is 15.7. The maximum Gasteiger partial charge on any atom is 0.271 e. The van der Waals surface area contributed by atoms with Gasteiger partial charge in [-0.15, -0.1) is 0 Å². The lowest BCUT2D eigenvalue weighted by molar-refractivity contribution is -0.113. The number of aromatic nitrogens is 1. The highest BCUT2D eigenvalue weighted by Crippen LogP contribution is 2.31. The highest BCUT2D eigenvalue weighted by atomic mass is 35.5. The molecule has 0 spiro atoms. The zero-order valence-electron chi connectivity index (χ0n) is 18.5. The second-order valence-corrected chi connectivity index (χ2v) is 9.45. The van der Waals surface area contributed by atoms with Crippen LogP contribution in [0.25, 0.3) is 6.08 Å². The van der Waals surface area contributed by atoms with Crippen LogP contribution in [0, 0.1) is 5.82 Å². The molecule has 4 aromatic rings. The summed E-state index contributed by atoms with van der Waals surface area (Å²) in [6, 6.07) is 21.3. The summed E-state index contributed by atoms with van der Waals surface area (Å²) in [6.45, 7) is 1.74. The van der Waals surface area contributed by atoms with Gasteiger partial charge in [-0.05, 0) is 60.5 Å². The number of thiazole rings is 1. The molecule has 35 heavy (non-hydrogen) atoms. The molecule has 2 heterocycles. The van der Waals surface area contributed by atoms with Crippen molar-refractivity contribution >= 4 is 40.6 Å². The molecule has 1 aliphatic heterocycles. The van der Waals surface area contributed by atoms with E-state index in [2.05, 4.69) is 10.3 Å². The maximum absolute atomic E-state index is 13.7. The molecule has 1 N–H and O–H groups in total. The number of fused-ring (bicyclic) bond motifs is 1. The summed E-state index contributed by atoms with van der Waals surface area (Å²) in [5, 5.41) is 3.49. The van der Waals surface area contributed by atoms with Gasteiger partial charge in [0.2, 0.25) is 0 Å². The normalized spacial score (nSPS) is 15.5. The third-order valence-electron chi connectivity index (χ3n) is 5.65. The van der Waals surface area contributed by atoms with Gasteiger partial charge < -0.3 is 5.32 Å². The standard InChI is InChI=1S/C27H19ClFN3O2S/c1-16-23(25(33)31-21-5-3-2-4-6-21)24(18-9-13-20(29)14-10-18)32-26(34)22(35-27(32)30-16)15-17-7-11-19(28)12-8-17/h2-15,24H,1H3,(H,31,33)/b22-15+/t24-/m1/s1. The van der Waals surface area contributed by atoms with Crippen molar-refractivity contribution in [3.63, 3.8) is 0 Å². The Morgan fingerprint density at radius 1 is 1.06 bits per heavy atom. The minimum absolute atomic E-state index is 0.282.